The number of ether oxygens (including phenoxy) is 1. The van der Waals surface area contributed by atoms with E-state index in [0.717, 1.165) is 5.56 Å². The second-order valence-electron chi connectivity index (χ2n) is 7.63. The third-order valence-electron chi connectivity index (χ3n) is 5.80. The Labute approximate surface area is 174 Å². The highest BCUT2D eigenvalue weighted by molar-refractivity contribution is 5.94. The molecule has 8 heteroatoms. The summed E-state index contributed by atoms with van der Waals surface area (Å²) in [6.07, 6.45) is 2.19. The van der Waals surface area contributed by atoms with Crippen LogP contribution in [0.3, 0.4) is 0 Å². The zero-order valence-corrected chi connectivity index (χ0v) is 16.8. The van der Waals surface area contributed by atoms with Crippen LogP contribution in [0.4, 0.5) is 4.79 Å². The van der Waals surface area contributed by atoms with Crippen molar-refractivity contribution in [3.63, 3.8) is 0 Å². The van der Waals surface area contributed by atoms with Crippen molar-refractivity contribution in [3.05, 3.63) is 60.1 Å². The summed E-state index contributed by atoms with van der Waals surface area (Å²) >= 11 is 0. The lowest BCUT2D eigenvalue weighted by Crippen LogP contribution is -2.50. The van der Waals surface area contributed by atoms with Crippen molar-refractivity contribution in [3.8, 4) is 0 Å². The number of carbonyl (C=O) groups excluding carboxylic acids is 3. The molecule has 0 spiro atoms. The number of hydrogen-bond acceptors (Lipinski definition) is 5. The maximum Gasteiger partial charge on any atom is 0.411 e. The number of amides is 3. The molecule has 0 radical (unpaired) electrons. The lowest BCUT2D eigenvalue weighted by Gasteiger charge is -2.37. The Hall–Kier alpha value is -3.29. The molecule has 2 atom stereocenters. The number of nitrogens with zero attached hydrogens (tertiary/aromatic N) is 2. The third kappa shape index (κ3) is 4.03. The SMILES string of the molecule is C[C@H]1[C@@H](c2ccccc2)OC(=O)N1C1CCN(C(=O)CNC(=O)c2ccco2)CC1. The van der Waals surface area contributed by atoms with E-state index in [0.29, 0.717) is 25.9 Å². The van der Waals surface area contributed by atoms with Crippen LogP contribution in [0, 0.1) is 0 Å². The molecular formula is C22H25N3O5. The van der Waals surface area contributed by atoms with Gasteiger partial charge < -0.3 is 19.4 Å². The van der Waals surface area contributed by atoms with Gasteiger partial charge in [-0.3, -0.25) is 14.5 Å². The van der Waals surface area contributed by atoms with Gasteiger partial charge in [-0.25, -0.2) is 4.79 Å². The standard InChI is InChI=1S/C22H25N3O5/c1-15-20(16-6-3-2-4-7-16)30-22(28)25(15)17-9-11-24(12-10-17)19(26)14-23-21(27)18-8-5-13-29-18/h2-8,13,15,17,20H,9-12,14H2,1H3,(H,23,27)/t15-,20-/m0/s1. The maximum atomic E-state index is 12.5. The molecule has 2 fully saturated rings. The molecule has 30 heavy (non-hydrogen) atoms. The van der Waals surface area contributed by atoms with Crippen molar-refractivity contribution in [2.75, 3.05) is 19.6 Å². The molecule has 1 N–H and O–H groups in total. The first-order valence-electron chi connectivity index (χ1n) is 10.2. The highest BCUT2D eigenvalue weighted by Gasteiger charge is 2.44. The molecule has 2 aliphatic heterocycles. The van der Waals surface area contributed by atoms with Crippen molar-refractivity contribution >= 4 is 17.9 Å². The van der Waals surface area contributed by atoms with Crippen LogP contribution < -0.4 is 5.32 Å². The van der Waals surface area contributed by atoms with Gasteiger partial charge in [-0.2, -0.15) is 0 Å². The molecule has 0 unspecified atom stereocenters. The molecule has 2 aromatic rings. The number of rotatable bonds is 5. The number of piperidine rings is 1. The summed E-state index contributed by atoms with van der Waals surface area (Å²) in [6.45, 7) is 2.99. The van der Waals surface area contributed by atoms with Crippen LogP contribution in [-0.4, -0.2) is 59.4 Å². The Morgan fingerprint density at radius 1 is 1.10 bits per heavy atom. The number of benzene rings is 1. The molecular weight excluding hydrogens is 386 g/mol. The first kappa shape index (κ1) is 20.0. The second kappa shape index (κ2) is 8.61. The number of hydrogen-bond donors (Lipinski definition) is 1. The predicted octanol–water partition coefficient (Wildman–Crippen LogP) is 2.58. The Balaban J connectivity index is 1.29. The maximum absolute atomic E-state index is 12.5. The molecule has 0 aliphatic carbocycles. The highest BCUT2D eigenvalue weighted by Crippen LogP contribution is 2.35. The largest absolute Gasteiger partial charge is 0.459 e. The summed E-state index contributed by atoms with van der Waals surface area (Å²) in [5.41, 5.74) is 0.987. The number of carbonyl (C=O) groups is 3. The molecule has 3 amide bonds. The molecule has 2 saturated heterocycles. The van der Waals surface area contributed by atoms with E-state index in [-0.39, 0.29) is 42.5 Å². The van der Waals surface area contributed by atoms with E-state index in [4.69, 9.17) is 9.15 Å². The molecule has 3 heterocycles. The van der Waals surface area contributed by atoms with Crippen LogP contribution in [-0.2, 0) is 9.53 Å². The van der Waals surface area contributed by atoms with Crippen LogP contribution in [0.1, 0.15) is 42.0 Å². The monoisotopic (exact) mass is 411 g/mol. The minimum Gasteiger partial charge on any atom is -0.459 e. The van der Waals surface area contributed by atoms with E-state index < -0.39 is 5.91 Å². The number of cyclic esters (lactones) is 1. The molecule has 0 saturated carbocycles. The molecule has 0 bridgehead atoms. The Bertz CT molecular complexity index is 891. The van der Waals surface area contributed by atoms with Gasteiger partial charge in [-0.1, -0.05) is 30.3 Å². The molecule has 158 valence electrons. The van der Waals surface area contributed by atoms with Gasteiger partial charge in [0.25, 0.3) is 5.91 Å². The van der Waals surface area contributed by atoms with E-state index in [1.165, 1.54) is 6.26 Å². The minimum atomic E-state index is -0.413. The van der Waals surface area contributed by atoms with Crippen LogP contribution in [0.15, 0.2) is 53.1 Å². The second-order valence-corrected chi connectivity index (χ2v) is 7.63. The topological polar surface area (TPSA) is 92.1 Å². The molecule has 4 rings (SSSR count). The minimum absolute atomic E-state index is 0.0305. The quantitative estimate of drug-likeness (QED) is 0.817. The van der Waals surface area contributed by atoms with Crippen LogP contribution in [0.5, 0.6) is 0 Å². The van der Waals surface area contributed by atoms with Crippen LogP contribution >= 0.6 is 0 Å². The van der Waals surface area contributed by atoms with Crippen LogP contribution in [0.2, 0.25) is 0 Å². The zero-order valence-electron chi connectivity index (χ0n) is 16.8. The fourth-order valence-electron chi connectivity index (χ4n) is 4.21. The lowest BCUT2D eigenvalue weighted by atomic mass is 9.98. The van der Waals surface area contributed by atoms with Gasteiger partial charge in [-0.15, -0.1) is 0 Å². The fourth-order valence-corrected chi connectivity index (χ4v) is 4.21. The Morgan fingerprint density at radius 2 is 1.83 bits per heavy atom. The van der Waals surface area contributed by atoms with Crippen molar-refractivity contribution < 1.29 is 23.5 Å². The van der Waals surface area contributed by atoms with Gasteiger partial charge in [0, 0.05) is 19.1 Å². The van der Waals surface area contributed by atoms with E-state index >= 15 is 0 Å². The number of likely N-dealkylation sites (tertiary alicyclic amines) is 1. The van der Waals surface area contributed by atoms with Crippen molar-refractivity contribution in [1.82, 2.24) is 15.1 Å². The summed E-state index contributed by atoms with van der Waals surface area (Å²) in [5.74, 6) is -0.382. The van der Waals surface area contributed by atoms with Gasteiger partial charge >= 0.3 is 6.09 Å². The normalized spacial score (nSPS) is 22.1. The van der Waals surface area contributed by atoms with E-state index in [2.05, 4.69) is 5.32 Å². The average molecular weight is 411 g/mol. The van der Waals surface area contributed by atoms with Crippen molar-refractivity contribution in [2.24, 2.45) is 0 Å². The van der Waals surface area contributed by atoms with Gasteiger partial charge in [0.2, 0.25) is 5.91 Å². The van der Waals surface area contributed by atoms with E-state index in [1.54, 1.807) is 17.0 Å². The number of furan rings is 1. The fraction of sp³-hybridized carbons (Fsp3) is 0.409. The lowest BCUT2D eigenvalue weighted by molar-refractivity contribution is -0.131. The molecule has 1 aromatic heterocycles. The molecule has 1 aromatic carbocycles. The highest BCUT2D eigenvalue weighted by atomic mass is 16.6. The van der Waals surface area contributed by atoms with Crippen molar-refractivity contribution in [1.29, 1.82) is 0 Å². The first-order chi connectivity index (χ1) is 14.5. The average Bonchev–Trinajstić information content (AvgIpc) is 3.41. The Kier molecular flexibility index (Phi) is 5.74. The summed E-state index contributed by atoms with van der Waals surface area (Å²) in [4.78, 5) is 40.4. The summed E-state index contributed by atoms with van der Waals surface area (Å²) in [6, 6.07) is 12.9. The van der Waals surface area contributed by atoms with Gasteiger partial charge in [0.1, 0.15) is 6.10 Å². The van der Waals surface area contributed by atoms with Gasteiger partial charge in [0.15, 0.2) is 5.76 Å². The first-order valence-corrected chi connectivity index (χ1v) is 10.2. The molecule has 2 aliphatic rings. The smallest absolute Gasteiger partial charge is 0.411 e. The van der Waals surface area contributed by atoms with Crippen molar-refractivity contribution in [2.45, 2.75) is 38.0 Å². The van der Waals surface area contributed by atoms with E-state index in [9.17, 15) is 14.4 Å². The van der Waals surface area contributed by atoms with Gasteiger partial charge in [-0.05, 0) is 37.5 Å². The third-order valence-corrected chi connectivity index (χ3v) is 5.80. The van der Waals surface area contributed by atoms with Gasteiger partial charge in [0.05, 0.1) is 18.8 Å². The summed E-state index contributed by atoms with van der Waals surface area (Å²) in [7, 11) is 0. The van der Waals surface area contributed by atoms with Crippen LogP contribution in [0.25, 0.3) is 0 Å². The van der Waals surface area contributed by atoms with E-state index in [1.807, 2.05) is 42.2 Å². The molecule has 8 nitrogen and oxygen atoms in total. The summed E-state index contributed by atoms with van der Waals surface area (Å²) < 4.78 is 10.7. The predicted molar refractivity (Wildman–Crippen MR) is 108 cm³/mol. The zero-order chi connectivity index (χ0) is 21.1. The summed E-state index contributed by atoms with van der Waals surface area (Å²) in [5, 5.41) is 2.58. The Morgan fingerprint density at radius 3 is 2.50 bits per heavy atom. The number of nitrogens with one attached hydrogen (secondary N) is 1.